The second-order valence-corrected chi connectivity index (χ2v) is 11.9. The molecule has 5 amide bonds. The lowest BCUT2D eigenvalue weighted by molar-refractivity contribution is -0.144. The van der Waals surface area contributed by atoms with E-state index >= 15 is 0 Å². The summed E-state index contributed by atoms with van der Waals surface area (Å²) in [6, 6.07) is 5.25. The molecule has 1 aromatic rings. The summed E-state index contributed by atoms with van der Waals surface area (Å²) in [5, 5.41) is 18.5. The van der Waals surface area contributed by atoms with E-state index in [0.29, 0.717) is 25.8 Å². The highest BCUT2D eigenvalue weighted by Crippen LogP contribution is 2.32. The van der Waals surface area contributed by atoms with Crippen molar-refractivity contribution in [1.29, 1.82) is 0 Å². The summed E-state index contributed by atoms with van der Waals surface area (Å²) >= 11 is 0. The lowest BCUT2D eigenvalue weighted by Crippen LogP contribution is -2.52. The molecule has 0 radical (unpaired) electrons. The van der Waals surface area contributed by atoms with Crippen LogP contribution in [0.3, 0.4) is 0 Å². The minimum absolute atomic E-state index is 0.106. The standard InChI is InChI=1S/C32H43N5O8/c1-18(2)24(15-27(39)25(36-20(4)38)14-22-12-11-21-8-5-6-9-23(21)22)32(45)37-13-7-10-26(37)31(44)33-16-28(40)35-19(3)30(43)34-17-29(41)42/h5-6,8-9,12,18-19,24-26H,7,10-11,13-17H2,1-4H3,(H,33,44)(H,34,43)(H,35,40)(H,36,38)(H,41,42)/t19-,24-,25-,26-/m0/s1. The van der Waals surface area contributed by atoms with E-state index in [-0.39, 0.29) is 29.9 Å². The molecule has 1 aliphatic carbocycles. The molecular formula is C32H43N5O8. The average Bonchev–Trinajstić information content (AvgIpc) is 3.64. The highest BCUT2D eigenvalue weighted by Gasteiger charge is 2.39. The van der Waals surface area contributed by atoms with Gasteiger partial charge in [0, 0.05) is 32.2 Å². The van der Waals surface area contributed by atoms with Crippen molar-refractivity contribution in [3.8, 4) is 0 Å². The summed E-state index contributed by atoms with van der Waals surface area (Å²) in [4.78, 5) is 88.8. The summed E-state index contributed by atoms with van der Waals surface area (Å²) in [6.07, 6.45) is 3.96. The van der Waals surface area contributed by atoms with Crippen LogP contribution in [0.4, 0.5) is 0 Å². The quantitative estimate of drug-likeness (QED) is 0.187. The highest BCUT2D eigenvalue weighted by molar-refractivity contribution is 5.96. The van der Waals surface area contributed by atoms with Crippen LogP contribution in [0.5, 0.6) is 0 Å². The van der Waals surface area contributed by atoms with Crippen LogP contribution >= 0.6 is 0 Å². The molecule has 5 N–H and O–H groups in total. The SMILES string of the molecule is CC(=O)N[C@@H](CC1=CCc2ccccc21)C(=O)C[C@H](C(=O)N1CCC[C@H]1C(=O)NCC(=O)N[C@@H](C)C(=O)NCC(=O)O)C(C)C. The van der Waals surface area contributed by atoms with Crippen molar-refractivity contribution in [3.05, 3.63) is 41.5 Å². The van der Waals surface area contributed by atoms with Crippen LogP contribution in [0.15, 0.2) is 30.3 Å². The Morgan fingerprint density at radius 2 is 1.69 bits per heavy atom. The Hall–Kier alpha value is -4.55. The Kier molecular flexibility index (Phi) is 12.4. The van der Waals surface area contributed by atoms with Gasteiger partial charge in [-0.2, -0.15) is 0 Å². The number of nitrogens with one attached hydrogen (secondary N) is 4. The van der Waals surface area contributed by atoms with Crippen molar-refractivity contribution in [2.45, 2.75) is 77.9 Å². The number of nitrogens with zero attached hydrogens (tertiary/aromatic N) is 1. The van der Waals surface area contributed by atoms with Crippen LogP contribution < -0.4 is 21.3 Å². The second kappa shape index (κ2) is 16.0. The number of aliphatic carboxylic acids is 1. The fraction of sp³-hybridized carbons (Fsp3) is 0.531. The number of likely N-dealkylation sites (tertiary alicyclic amines) is 1. The molecule has 1 aliphatic heterocycles. The molecule has 244 valence electrons. The molecule has 13 heteroatoms. The van der Waals surface area contributed by atoms with Crippen LogP contribution in [-0.2, 0) is 40.0 Å². The molecule has 2 aliphatic rings. The molecule has 1 heterocycles. The molecule has 45 heavy (non-hydrogen) atoms. The van der Waals surface area contributed by atoms with Gasteiger partial charge in [0.1, 0.15) is 18.6 Å². The molecule has 3 rings (SSSR count). The summed E-state index contributed by atoms with van der Waals surface area (Å²) < 4.78 is 0. The van der Waals surface area contributed by atoms with Gasteiger partial charge >= 0.3 is 5.97 Å². The number of amides is 5. The number of rotatable bonds is 15. The number of carbonyl (C=O) groups excluding carboxylic acids is 6. The van der Waals surface area contributed by atoms with Gasteiger partial charge in [0.2, 0.25) is 29.5 Å². The lowest BCUT2D eigenvalue weighted by Gasteiger charge is -2.30. The lowest BCUT2D eigenvalue weighted by atomic mass is 9.86. The minimum Gasteiger partial charge on any atom is -0.480 e. The first-order valence-corrected chi connectivity index (χ1v) is 15.2. The maximum Gasteiger partial charge on any atom is 0.322 e. The Balaban J connectivity index is 1.61. The van der Waals surface area contributed by atoms with Crippen LogP contribution in [0, 0.1) is 11.8 Å². The van der Waals surface area contributed by atoms with Crippen molar-refractivity contribution in [2.75, 3.05) is 19.6 Å². The maximum absolute atomic E-state index is 13.8. The zero-order valence-electron chi connectivity index (χ0n) is 26.2. The van der Waals surface area contributed by atoms with Gasteiger partial charge in [-0.05, 0) is 48.8 Å². The van der Waals surface area contributed by atoms with E-state index in [4.69, 9.17) is 5.11 Å². The van der Waals surface area contributed by atoms with Crippen molar-refractivity contribution >= 4 is 46.9 Å². The molecular weight excluding hydrogens is 582 g/mol. The normalized spacial score (nSPS) is 17.4. The van der Waals surface area contributed by atoms with E-state index in [1.54, 1.807) is 0 Å². The Bertz CT molecular complexity index is 1360. The molecule has 13 nitrogen and oxygen atoms in total. The molecule has 0 aromatic heterocycles. The van der Waals surface area contributed by atoms with E-state index < -0.39 is 60.8 Å². The van der Waals surface area contributed by atoms with E-state index in [9.17, 15) is 33.6 Å². The fourth-order valence-corrected chi connectivity index (χ4v) is 5.70. The van der Waals surface area contributed by atoms with E-state index in [1.165, 1.54) is 18.7 Å². The zero-order chi connectivity index (χ0) is 33.3. The van der Waals surface area contributed by atoms with Gasteiger partial charge in [0.05, 0.1) is 12.6 Å². The van der Waals surface area contributed by atoms with Gasteiger partial charge in [-0.25, -0.2) is 0 Å². The number of carboxylic acids is 1. The van der Waals surface area contributed by atoms with Crippen molar-refractivity contribution in [2.24, 2.45) is 11.8 Å². The van der Waals surface area contributed by atoms with Crippen LogP contribution in [0.1, 0.15) is 64.5 Å². The molecule has 0 bridgehead atoms. The zero-order valence-corrected chi connectivity index (χ0v) is 26.2. The molecule has 4 atom stereocenters. The van der Waals surface area contributed by atoms with Gasteiger partial charge < -0.3 is 31.3 Å². The molecule has 1 saturated heterocycles. The topological polar surface area (TPSA) is 191 Å². The van der Waals surface area contributed by atoms with Crippen molar-refractivity contribution < 1.29 is 38.7 Å². The molecule has 0 saturated carbocycles. The first-order valence-electron chi connectivity index (χ1n) is 15.2. The number of hydrogen-bond acceptors (Lipinski definition) is 7. The number of fused-ring (bicyclic) bond motifs is 1. The molecule has 0 spiro atoms. The van der Waals surface area contributed by atoms with Crippen LogP contribution in [0.2, 0.25) is 0 Å². The van der Waals surface area contributed by atoms with E-state index in [1.807, 2.05) is 38.1 Å². The fourth-order valence-electron chi connectivity index (χ4n) is 5.70. The Morgan fingerprint density at radius 1 is 0.978 bits per heavy atom. The summed E-state index contributed by atoms with van der Waals surface area (Å²) in [7, 11) is 0. The van der Waals surface area contributed by atoms with Gasteiger partial charge in [-0.3, -0.25) is 33.6 Å². The maximum atomic E-state index is 13.8. The number of carbonyl (C=O) groups is 7. The monoisotopic (exact) mass is 625 g/mol. The predicted octanol–water partition coefficient (Wildman–Crippen LogP) is 0.565. The first kappa shape index (κ1) is 34.9. The number of Topliss-reactive ketones (excluding diaryl/α,β-unsaturated/α-hetero) is 1. The van der Waals surface area contributed by atoms with Crippen LogP contribution in [0.25, 0.3) is 5.57 Å². The second-order valence-electron chi connectivity index (χ2n) is 11.9. The average molecular weight is 626 g/mol. The smallest absolute Gasteiger partial charge is 0.322 e. The van der Waals surface area contributed by atoms with Crippen molar-refractivity contribution in [3.63, 3.8) is 0 Å². The van der Waals surface area contributed by atoms with E-state index in [0.717, 1.165) is 23.1 Å². The van der Waals surface area contributed by atoms with Crippen LogP contribution in [-0.4, -0.2) is 89.1 Å². The van der Waals surface area contributed by atoms with Gasteiger partial charge in [0.25, 0.3) is 0 Å². The van der Waals surface area contributed by atoms with Gasteiger partial charge in [-0.15, -0.1) is 0 Å². The van der Waals surface area contributed by atoms with Crippen molar-refractivity contribution in [1.82, 2.24) is 26.2 Å². The number of ketones is 1. The molecule has 1 aromatic carbocycles. The molecule has 1 fully saturated rings. The third-order valence-corrected chi connectivity index (χ3v) is 8.11. The third-order valence-electron chi connectivity index (χ3n) is 8.11. The number of hydrogen-bond donors (Lipinski definition) is 5. The third kappa shape index (κ3) is 9.72. The number of allylic oxidation sites excluding steroid dienone is 1. The number of carboxylic acid groups (broad SMARTS) is 1. The van der Waals surface area contributed by atoms with E-state index in [2.05, 4.69) is 27.3 Å². The number of benzene rings is 1. The minimum atomic E-state index is -1.23. The summed E-state index contributed by atoms with van der Waals surface area (Å²) in [6.45, 7) is 5.68. The predicted molar refractivity (Wildman–Crippen MR) is 164 cm³/mol. The summed E-state index contributed by atoms with van der Waals surface area (Å²) in [5.41, 5.74) is 3.18. The van der Waals surface area contributed by atoms with Gasteiger partial charge in [-0.1, -0.05) is 44.2 Å². The van der Waals surface area contributed by atoms with Gasteiger partial charge in [0.15, 0.2) is 5.78 Å². The first-order chi connectivity index (χ1) is 21.3. The largest absolute Gasteiger partial charge is 0.480 e. The Labute approximate surface area is 262 Å². The highest BCUT2D eigenvalue weighted by atomic mass is 16.4. The summed E-state index contributed by atoms with van der Waals surface area (Å²) in [5.74, 6) is -5.00. The molecule has 0 unspecified atom stereocenters. The Morgan fingerprint density at radius 3 is 2.36 bits per heavy atom.